The highest BCUT2D eigenvalue weighted by atomic mass is 16.4. The molecule has 0 fully saturated rings. The van der Waals surface area contributed by atoms with Gasteiger partial charge >= 0.3 is 5.91 Å². The number of carbonyl (C=O) groups is 1. The average Bonchev–Trinajstić information content (AvgIpc) is 2.98. The Morgan fingerprint density at radius 1 is 1.29 bits per heavy atom. The summed E-state index contributed by atoms with van der Waals surface area (Å²) in [4.78, 5) is 27.8. The van der Waals surface area contributed by atoms with Gasteiger partial charge in [-0.3, -0.25) is 19.6 Å². The Kier molecular flexibility index (Phi) is 3.25. The van der Waals surface area contributed by atoms with Crippen LogP contribution in [0.25, 0.3) is 10.9 Å². The SMILES string of the molecule is NNC(=O)c1ccc(Cn2cnc3ccccc3c2=O)o1. The summed E-state index contributed by atoms with van der Waals surface area (Å²) in [6.07, 6.45) is 1.45. The maximum absolute atomic E-state index is 12.3. The van der Waals surface area contributed by atoms with Gasteiger partial charge in [-0.2, -0.15) is 0 Å². The smallest absolute Gasteiger partial charge is 0.300 e. The lowest BCUT2D eigenvalue weighted by molar-refractivity contribution is 0.0924. The Bertz CT molecular complexity index is 866. The molecular formula is C14H12N4O3. The maximum atomic E-state index is 12.3. The van der Waals surface area contributed by atoms with E-state index in [1.165, 1.54) is 17.0 Å². The van der Waals surface area contributed by atoms with E-state index in [-0.39, 0.29) is 17.9 Å². The second-order valence-corrected chi connectivity index (χ2v) is 4.43. The summed E-state index contributed by atoms with van der Waals surface area (Å²) in [5, 5.41) is 0.534. The number of nitrogens with zero attached hydrogens (tertiary/aromatic N) is 2. The largest absolute Gasteiger partial charge is 0.454 e. The number of rotatable bonds is 3. The van der Waals surface area contributed by atoms with Gasteiger partial charge in [0.25, 0.3) is 5.56 Å². The fourth-order valence-corrected chi connectivity index (χ4v) is 2.04. The number of fused-ring (bicyclic) bond motifs is 1. The zero-order valence-corrected chi connectivity index (χ0v) is 10.9. The summed E-state index contributed by atoms with van der Waals surface area (Å²) >= 11 is 0. The summed E-state index contributed by atoms with van der Waals surface area (Å²) in [6, 6.07) is 10.2. The predicted octanol–water partition coefficient (Wildman–Crippen LogP) is 0.641. The predicted molar refractivity (Wildman–Crippen MR) is 75.5 cm³/mol. The molecule has 3 rings (SSSR count). The van der Waals surface area contributed by atoms with E-state index in [0.717, 1.165) is 0 Å². The minimum Gasteiger partial charge on any atom is -0.454 e. The van der Waals surface area contributed by atoms with Crippen molar-refractivity contribution in [1.82, 2.24) is 15.0 Å². The van der Waals surface area contributed by atoms with Crippen LogP contribution >= 0.6 is 0 Å². The topological polar surface area (TPSA) is 103 Å². The van der Waals surface area contributed by atoms with Crippen molar-refractivity contribution in [2.24, 2.45) is 5.84 Å². The monoisotopic (exact) mass is 284 g/mol. The van der Waals surface area contributed by atoms with Gasteiger partial charge in [0, 0.05) is 0 Å². The second-order valence-electron chi connectivity index (χ2n) is 4.43. The molecule has 0 saturated carbocycles. The van der Waals surface area contributed by atoms with Gasteiger partial charge in [0.2, 0.25) is 0 Å². The number of nitrogens with one attached hydrogen (secondary N) is 1. The van der Waals surface area contributed by atoms with E-state index in [4.69, 9.17) is 10.3 Å². The molecule has 1 amide bonds. The van der Waals surface area contributed by atoms with Crippen molar-refractivity contribution in [3.8, 4) is 0 Å². The lowest BCUT2D eigenvalue weighted by Crippen LogP contribution is -2.29. The third-order valence-corrected chi connectivity index (χ3v) is 3.07. The Balaban J connectivity index is 1.95. The molecule has 0 aliphatic heterocycles. The molecular weight excluding hydrogens is 272 g/mol. The van der Waals surface area contributed by atoms with Crippen LogP contribution in [0, 0.1) is 0 Å². The highest BCUT2D eigenvalue weighted by Gasteiger charge is 2.11. The van der Waals surface area contributed by atoms with Gasteiger partial charge in [0.1, 0.15) is 5.76 Å². The first-order valence-electron chi connectivity index (χ1n) is 6.23. The van der Waals surface area contributed by atoms with E-state index in [1.807, 2.05) is 11.5 Å². The van der Waals surface area contributed by atoms with Crippen molar-refractivity contribution in [3.63, 3.8) is 0 Å². The Hall–Kier alpha value is -2.93. The number of hydrogen-bond donors (Lipinski definition) is 2. The molecule has 0 aliphatic rings. The number of hydrazine groups is 1. The third-order valence-electron chi connectivity index (χ3n) is 3.07. The minimum atomic E-state index is -0.523. The zero-order valence-electron chi connectivity index (χ0n) is 10.9. The Morgan fingerprint density at radius 3 is 2.90 bits per heavy atom. The quantitative estimate of drug-likeness (QED) is 0.417. The Morgan fingerprint density at radius 2 is 2.10 bits per heavy atom. The highest BCUT2D eigenvalue weighted by molar-refractivity contribution is 5.90. The molecule has 2 aromatic heterocycles. The lowest BCUT2D eigenvalue weighted by Gasteiger charge is -2.04. The minimum absolute atomic E-state index is 0.0919. The number of para-hydroxylation sites is 1. The summed E-state index contributed by atoms with van der Waals surface area (Å²) in [7, 11) is 0. The first-order chi connectivity index (χ1) is 10.2. The fraction of sp³-hybridized carbons (Fsp3) is 0.0714. The maximum Gasteiger partial charge on any atom is 0.300 e. The van der Waals surface area contributed by atoms with Gasteiger partial charge in [0.15, 0.2) is 5.76 Å². The number of aromatic nitrogens is 2. The first kappa shape index (κ1) is 13.1. The van der Waals surface area contributed by atoms with E-state index < -0.39 is 5.91 Å². The molecule has 0 unspecified atom stereocenters. The van der Waals surface area contributed by atoms with Crippen molar-refractivity contribution in [2.75, 3.05) is 0 Å². The fourth-order valence-electron chi connectivity index (χ4n) is 2.04. The third kappa shape index (κ3) is 2.41. The molecule has 0 bridgehead atoms. The van der Waals surface area contributed by atoms with E-state index >= 15 is 0 Å². The molecule has 7 heteroatoms. The van der Waals surface area contributed by atoms with Crippen LogP contribution in [0.15, 0.2) is 51.9 Å². The second kappa shape index (κ2) is 5.22. The highest BCUT2D eigenvalue weighted by Crippen LogP contribution is 2.10. The lowest BCUT2D eigenvalue weighted by atomic mass is 10.2. The van der Waals surface area contributed by atoms with Gasteiger partial charge in [0.05, 0.1) is 23.8 Å². The molecule has 106 valence electrons. The van der Waals surface area contributed by atoms with Crippen molar-refractivity contribution in [2.45, 2.75) is 6.54 Å². The average molecular weight is 284 g/mol. The van der Waals surface area contributed by atoms with Crippen molar-refractivity contribution in [1.29, 1.82) is 0 Å². The van der Waals surface area contributed by atoms with Crippen LogP contribution in [0.2, 0.25) is 0 Å². The number of hydrogen-bond acceptors (Lipinski definition) is 5. The molecule has 21 heavy (non-hydrogen) atoms. The van der Waals surface area contributed by atoms with Gasteiger partial charge in [-0.25, -0.2) is 10.8 Å². The molecule has 1 aromatic carbocycles. The molecule has 3 aromatic rings. The van der Waals surface area contributed by atoms with Gasteiger partial charge in [-0.15, -0.1) is 0 Å². The van der Waals surface area contributed by atoms with Crippen molar-refractivity contribution < 1.29 is 9.21 Å². The van der Waals surface area contributed by atoms with Gasteiger partial charge in [-0.1, -0.05) is 12.1 Å². The molecule has 0 atom stereocenters. The summed E-state index contributed by atoms with van der Waals surface area (Å²) in [5.74, 6) is 5.06. The van der Waals surface area contributed by atoms with E-state index in [2.05, 4.69) is 4.98 Å². The van der Waals surface area contributed by atoms with Gasteiger partial charge < -0.3 is 4.42 Å². The number of nitrogen functional groups attached to an aromatic ring is 1. The molecule has 0 aliphatic carbocycles. The van der Waals surface area contributed by atoms with Crippen LogP contribution in [0.1, 0.15) is 16.3 Å². The first-order valence-corrected chi connectivity index (χ1v) is 6.23. The van der Waals surface area contributed by atoms with Crippen molar-refractivity contribution in [3.05, 3.63) is 64.6 Å². The van der Waals surface area contributed by atoms with Crippen LogP contribution in [-0.4, -0.2) is 15.5 Å². The molecule has 0 radical (unpaired) electrons. The number of amides is 1. The summed E-state index contributed by atoms with van der Waals surface area (Å²) in [5.41, 5.74) is 2.46. The van der Waals surface area contributed by atoms with Gasteiger partial charge in [-0.05, 0) is 24.3 Å². The zero-order chi connectivity index (χ0) is 14.8. The van der Waals surface area contributed by atoms with Crippen LogP contribution in [0.4, 0.5) is 0 Å². The van der Waals surface area contributed by atoms with Crippen LogP contribution in [-0.2, 0) is 6.54 Å². The summed E-state index contributed by atoms with van der Waals surface area (Å²) in [6.45, 7) is 0.189. The molecule has 0 saturated heterocycles. The van der Waals surface area contributed by atoms with Crippen LogP contribution in [0.5, 0.6) is 0 Å². The molecule has 7 nitrogen and oxygen atoms in total. The number of furan rings is 1. The Labute approximate surface area is 119 Å². The molecule has 3 N–H and O–H groups in total. The van der Waals surface area contributed by atoms with Crippen LogP contribution < -0.4 is 16.8 Å². The molecule has 0 spiro atoms. The van der Waals surface area contributed by atoms with E-state index in [9.17, 15) is 9.59 Å². The van der Waals surface area contributed by atoms with Crippen LogP contribution in [0.3, 0.4) is 0 Å². The number of carbonyl (C=O) groups excluding carboxylic acids is 1. The van der Waals surface area contributed by atoms with E-state index in [1.54, 1.807) is 24.3 Å². The molecule has 2 heterocycles. The number of benzene rings is 1. The van der Waals surface area contributed by atoms with Crippen molar-refractivity contribution >= 4 is 16.8 Å². The number of nitrogens with two attached hydrogens (primary N) is 1. The van der Waals surface area contributed by atoms with E-state index in [0.29, 0.717) is 16.7 Å². The normalized spacial score (nSPS) is 10.7. The standard InChI is InChI=1S/C14H12N4O3/c15-17-13(19)12-6-5-9(21-12)7-18-8-16-11-4-2-1-3-10(11)14(18)20/h1-6,8H,7,15H2,(H,17,19). The summed E-state index contributed by atoms with van der Waals surface area (Å²) < 4.78 is 6.75.